The van der Waals surface area contributed by atoms with Crippen LogP contribution in [0.2, 0.25) is 0 Å². The summed E-state index contributed by atoms with van der Waals surface area (Å²) in [7, 11) is 3.39. The highest BCUT2D eigenvalue weighted by Crippen LogP contribution is 2.26. The van der Waals surface area contributed by atoms with Gasteiger partial charge in [0, 0.05) is 20.2 Å². The van der Waals surface area contributed by atoms with Crippen LogP contribution in [0.5, 0.6) is 11.5 Å². The van der Waals surface area contributed by atoms with Crippen LogP contribution in [0.15, 0.2) is 53.5 Å². The first-order valence-electron chi connectivity index (χ1n) is 10.6. The molecule has 7 nitrogen and oxygen atoms in total. The molecule has 0 heterocycles. The SMILES string of the molecule is CCOCCOCc1cccc(CNC(=NC)NCC(C)Oc2ccccc2OC)c1. The van der Waals surface area contributed by atoms with Crippen LogP contribution in [0, 0.1) is 0 Å². The van der Waals surface area contributed by atoms with Gasteiger partial charge in [-0.15, -0.1) is 0 Å². The Balaban J connectivity index is 1.76. The highest BCUT2D eigenvalue weighted by atomic mass is 16.5. The average molecular weight is 430 g/mol. The Bertz CT molecular complexity index is 798. The van der Waals surface area contributed by atoms with Crippen LogP contribution in [0.1, 0.15) is 25.0 Å². The molecule has 2 aromatic rings. The minimum absolute atomic E-state index is 0.0629. The van der Waals surface area contributed by atoms with Gasteiger partial charge in [-0.25, -0.2) is 0 Å². The molecule has 0 aliphatic rings. The number of rotatable bonds is 13. The largest absolute Gasteiger partial charge is 0.493 e. The summed E-state index contributed by atoms with van der Waals surface area (Å²) in [5, 5.41) is 6.64. The van der Waals surface area contributed by atoms with E-state index in [2.05, 4.69) is 33.8 Å². The molecule has 0 saturated carbocycles. The lowest BCUT2D eigenvalue weighted by molar-refractivity contribution is 0.0453. The Morgan fingerprint density at radius 3 is 2.45 bits per heavy atom. The molecule has 31 heavy (non-hydrogen) atoms. The molecule has 0 aliphatic heterocycles. The summed E-state index contributed by atoms with van der Waals surface area (Å²) in [6.07, 6.45) is -0.0629. The third kappa shape index (κ3) is 9.27. The summed E-state index contributed by atoms with van der Waals surface area (Å²) >= 11 is 0. The number of hydrogen-bond donors (Lipinski definition) is 2. The van der Waals surface area contributed by atoms with Crippen molar-refractivity contribution in [1.29, 1.82) is 0 Å². The fraction of sp³-hybridized carbons (Fsp3) is 0.458. The maximum atomic E-state index is 5.98. The van der Waals surface area contributed by atoms with Crippen molar-refractivity contribution < 1.29 is 18.9 Å². The van der Waals surface area contributed by atoms with E-state index in [1.54, 1.807) is 14.2 Å². The predicted octanol–water partition coefficient (Wildman–Crippen LogP) is 3.38. The Hall–Kier alpha value is -2.77. The molecule has 0 fully saturated rings. The Morgan fingerprint density at radius 2 is 1.71 bits per heavy atom. The van der Waals surface area contributed by atoms with Gasteiger partial charge in [0.25, 0.3) is 0 Å². The highest BCUT2D eigenvalue weighted by Gasteiger charge is 2.09. The maximum Gasteiger partial charge on any atom is 0.191 e. The molecule has 0 aromatic heterocycles. The fourth-order valence-electron chi connectivity index (χ4n) is 2.90. The van der Waals surface area contributed by atoms with Crippen LogP contribution in [0.4, 0.5) is 0 Å². The number of benzene rings is 2. The Kier molecular flexibility index (Phi) is 11.3. The van der Waals surface area contributed by atoms with E-state index in [0.717, 1.165) is 22.6 Å². The summed E-state index contributed by atoms with van der Waals surface area (Å²) in [6, 6.07) is 15.9. The minimum Gasteiger partial charge on any atom is -0.493 e. The molecule has 0 radical (unpaired) electrons. The second-order valence-corrected chi connectivity index (χ2v) is 6.96. The van der Waals surface area contributed by atoms with Gasteiger partial charge in [0.05, 0.1) is 33.5 Å². The normalized spacial score (nSPS) is 12.3. The molecule has 0 spiro atoms. The summed E-state index contributed by atoms with van der Waals surface area (Å²) < 4.78 is 22.2. The first kappa shape index (κ1) is 24.5. The van der Waals surface area contributed by atoms with Crippen LogP contribution in [0.25, 0.3) is 0 Å². The zero-order chi connectivity index (χ0) is 22.3. The zero-order valence-electron chi connectivity index (χ0n) is 19.0. The Morgan fingerprint density at radius 1 is 0.968 bits per heavy atom. The topological polar surface area (TPSA) is 73.3 Å². The number of ether oxygens (including phenoxy) is 4. The lowest BCUT2D eigenvalue weighted by Gasteiger charge is -2.19. The van der Waals surface area contributed by atoms with E-state index in [1.807, 2.05) is 44.2 Å². The molecule has 1 unspecified atom stereocenters. The monoisotopic (exact) mass is 429 g/mol. The van der Waals surface area contributed by atoms with Gasteiger partial charge >= 0.3 is 0 Å². The minimum atomic E-state index is -0.0629. The molecular formula is C24H35N3O4. The van der Waals surface area contributed by atoms with Crippen molar-refractivity contribution in [1.82, 2.24) is 10.6 Å². The molecule has 0 saturated heterocycles. The quantitative estimate of drug-likeness (QED) is 0.289. The lowest BCUT2D eigenvalue weighted by atomic mass is 10.1. The van der Waals surface area contributed by atoms with Crippen LogP contribution in [-0.2, 0) is 22.6 Å². The molecule has 0 bridgehead atoms. The summed E-state index contributed by atoms with van der Waals surface area (Å²) in [5.41, 5.74) is 2.30. The standard InChI is InChI=1S/C24H35N3O4/c1-5-29-13-14-30-18-21-10-8-9-20(15-21)17-27-24(25-3)26-16-19(2)31-23-12-7-6-11-22(23)28-4/h6-12,15,19H,5,13-14,16-18H2,1-4H3,(H2,25,26,27). The van der Waals surface area contributed by atoms with Crippen LogP contribution < -0.4 is 20.1 Å². The van der Waals surface area contributed by atoms with Gasteiger partial charge in [0.15, 0.2) is 17.5 Å². The number of para-hydroxylation sites is 2. The second-order valence-electron chi connectivity index (χ2n) is 6.96. The maximum absolute atomic E-state index is 5.98. The first-order valence-corrected chi connectivity index (χ1v) is 10.6. The highest BCUT2D eigenvalue weighted by molar-refractivity contribution is 5.79. The van der Waals surface area contributed by atoms with Crippen molar-refractivity contribution in [3.8, 4) is 11.5 Å². The number of aliphatic imine (C=N–C) groups is 1. The summed E-state index contributed by atoms with van der Waals surface area (Å²) in [6.45, 7) is 7.76. The van der Waals surface area contributed by atoms with E-state index in [1.165, 1.54) is 0 Å². The van der Waals surface area contributed by atoms with E-state index in [-0.39, 0.29) is 6.10 Å². The first-order chi connectivity index (χ1) is 15.2. The Labute approximate surface area is 185 Å². The van der Waals surface area contributed by atoms with Crippen molar-refractivity contribution in [2.24, 2.45) is 4.99 Å². The summed E-state index contributed by atoms with van der Waals surface area (Å²) in [5.74, 6) is 2.16. The summed E-state index contributed by atoms with van der Waals surface area (Å²) in [4.78, 5) is 4.29. The molecule has 170 valence electrons. The van der Waals surface area contributed by atoms with Gasteiger partial charge in [-0.3, -0.25) is 4.99 Å². The van der Waals surface area contributed by atoms with Crippen LogP contribution in [-0.4, -0.2) is 52.6 Å². The van der Waals surface area contributed by atoms with Gasteiger partial charge in [-0.2, -0.15) is 0 Å². The molecule has 2 N–H and O–H groups in total. The number of guanidine groups is 1. The van der Waals surface area contributed by atoms with Crippen molar-refractivity contribution in [3.05, 3.63) is 59.7 Å². The fourth-order valence-corrected chi connectivity index (χ4v) is 2.90. The molecule has 7 heteroatoms. The third-order valence-electron chi connectivity index (χ3n) is 4.47. The van der Waals surface area contributed by atoms with Gasteiger partial charge in [-0.05, 0) is 37.1 Å². The van der Waals surface area contributed by atoms with Crippen molar-refractivity contribution in [2.75, 3.05) is 40.5 Å². The van der Waals surface area contributed by atoms with E-state index in [0.29, 0.717) is 45.5 Å². The van der Waals surface area contributed by atoms with Crippen LogP contribution >= 0.6 is 0 Å². The van der Waals surface area contributed by atoms with E-state index in [9.17, 15) is 0 Å². The van der Waals surface area contributed by atoms with E-state index >= 15 is 0 Å². The predicted molar refractivity (Wildman–Crippen MR) is 124 cm³/mol. The van der Waals surface area contributed by atoms with Crippen molar-refractivity contribution in [2.45, 2.75) is 33.1 Å². The van der Waals surface area contributed by atoms with Crippen molar-refractivity contribution in [3.63, 3.8) is 0 Å². The number of hydrogen-bond acceptors (Lipinski definition) is 5. The molecule has 0 amide bonds. The molecule has 2 aromatic carbocycles. The van der Waals surface area contributed by atoms with Gasteiger partial charge < -0.3 is 29.6 Å². The van der Waals surface area contributed by atoms with Gasteiger partial charge in [0.1, 0.15) is 6.10 Å². The van der Waals surface area contributed by atoms with Gasteiger partial charge in [0.2, 0.25) is 0 Å². The van der Waals surface area contributed by atoms with E-state index < -0.39 is 0 Å². The smallest absolute Gasteiger partial charge is 0.191 e. The second kappa shape index (κ2) is 14.3. The molecular weight excluding hydrogens is 394 g/mol. The number of methoxy groups -OCH3 is 1. The van der Waals surface area contributed by atoms with Crippen LogP contribution in [0.3, 0.4) is 0 Å². The molecule has 0 aliphatic carbocycles. The third-order valence-corrected chi connectivity index (χ3v) is 4.47. The lowest BCUT2D eigenvalue weighted by Crippen LogP contribution is -2.41. The van der Waals surface area contributed by atoms with E-state index in [4.69, 9.17) is 18.9 Å². The number of nitrogens with zero attached hydrogens (tertiary/aromatic N) is 1. The number of nitrogens with one attached hydrogen (secondary N) is 2. The van der Waals surface area contributed by atoms with Gasteiger partial charge in [-0.1, -0.05) is 36.4 Å². The zero-order valence-corrected chi connectivity index (χ0v) is 19.0. The molecule has 1 atom stereocenters. The molecule has 2 rings (SSSR count). The average Bonchev–Trinajstić information content (AvgIpc) is 2.79. The van der Waals surface area contributed by atoms with Crippen molar-refractivity contribution >= 4 is 5.96 Å².